The SMILES string of the molecule is Cc1nc(N2CCCCC2)ncc1B(O)O. The van der Waals surface area contributed by atoms with Gasteiger partial charge in [-0.3, -0.25) is 0 Å². The number of hydrogen-bond acceptors (Lipinski definition) is 5. The third kappa shape index (κ3) is 2.33. The smallest absolute Gasteiger partial charge is 0.423 e. The van der Waals surface area contributed by atoms with Crippen molar-refractivity contribution in [1.29, 1.82) is 0 Å². The molecule has 2 N–H and O–H groups in total. The van der Waals surface area contributed by atoms with E-state index in [0.717, 1.165) is 13.1 Å². The van der Waals surface area contributed by atoms with Crippen LogP contribution in [-0.2, 0) is 0 Å². The lowest BCUT2D eigenvalue weighted by atomic mass is 9.80. The van der Waals surface area contributed by atoms with Gasteiger partial charge in [-0.15, -0.1) is 0 Å². The van der Waals surface area contributed by atoms with E-state index in [1.807, 2.05) is 0 Å². The number of anilines is 1. The van der Waals surface area contributed by atoms with E-state index in [1.165, 1.54) is 25.5 Å². The van der Waals surface area contributed by atoms with Crippen molar-refractivity contribution in [3.8, 4) is 0 Å². The molecule has 0 atom stereocenters. The zero-order chi connectivity index (χ0) is 11.5. The standard InChI is InChI=1S/C10H16BN3O2/c1-8-9(11(15)16)7-12-10(13-8)14-5-3-2-4-6-14/h7,15-16H,2-6H2,1H3. The molecule has 0 amide bonds. The van der Waals surface area contributed by atoms with Crippen molar-refractivity contribution in [2.45, 2.75) is 26.2 Å². The molecule has 1 aliphatic heterocycles. The zero-order valence-corrected chi connectivity index (χ0v) is 9.43. The van der Waals surface area contributed by atoms with E-state index in [4.69, 9.17) is 10.0 Å². The number of piperidine rings is 1. The number of hydrogen-bond donors (Lipinski definition) is 2. The van der Waals surface area contributed by atoms with Crippen LogP contribution in [0.1, 0.15) is 25.0 Å². The van der Waals surface area contributed by atoms with Crippen molar-refractivity contribution in [2.24, 2.45) is 0 Å². The Morgan fingerprint density at radius 1 is 1.25 bits per heavy atom. The lowest BCUT2D eigenvalue weighted by Gasteiger charge is -2.26. The summed E-state index contributed by atoms with van der Waals surface area (Å²) < 4.78 is 0. The Kier molecular flexibility index (Phi) is 3.41. The highest BCUT2D eigenvalue weighted by Crippen LogP contribution is 2.14. The van der Waals surface area contributed by atoms with Gasteiger partial charge in [0, 0.05) is 30.4 Å². The topological polar surface area (TPSA) is 69.5 Å². The first-order valence-corrected chi connectivity index (χ1v) is 5.63. The fraction of sp³-hybridized carbons (Fsp3) is 0.600. The van der Waals surface area contributed by atoms with Gasteiger partial charge in [-0.1, -0.05) is 0 Å². The lowest BCUT2D eigenvalue weighted by molar-refractivity contribution is 0.425. The van der Waals surface area contributed by atoms with Gasteiger partial charge in [0.05, 0.1) is 0 Å². The molecule has 0 aliphatic carbocycles. The molecule has 86 valence electrons. The predicted octanol–water partition coefficient (Wildman–Crippen LogP) is -0.545. The third-order valence-electron chi connectivity index (χ3n) is 2.92. The van der Waals surface area contributed by atoms with Crippen molar-refractivity contribution in [3.05, 3.63) is 11.9 Å². The summed E-state index contributed by atoms with van der Waals surface area (Å²) in [4.78, 5) is 10.6. The van der Waals surface area contributed by atoms with Crippen LogP contribution in [0.15, 0.2) is 6.20 Å². The van der Waals surface area contributed by atoms with Crippen LogP contribution in [0, 0.1) is 6.92 Å². The van der Waals surface area contributed by atoms with Gasteiger partial charge in [-0.25, -0.2) is 9.97 Å². The van der Waals surface area contributed by atoms with E-state index in [9.17, 15) is 0 Å². The van der Waals surface area contributed by atoms with Crippen LogP contribution in [0.3, 0.4) is 0 Å². The summed E-state index contributed by atoms with van der Waals surface area (Å²) in [5, 5.41) is 18.1. The Morgan fingerprint density at radius 2 is 1.94 bits per heavy atom. The van der Waals surface area contributed by atoms with E-state index in [-0.39, 0.29) is 0 Å². The van der Waals surface area contributed by atoms with Gasteiger partial charge in [-0.2, -0.15) is 0 Å². The van der Waals surface area contributed by atoms with Gasteiger partial charge < -0.3 is 14.9 Å². The molecular weight excluding hydrogens is 205 g/mol. The normalized spacial score (nSPS) is 16.3. The molecule has 1 aliphatic rings. The van der Waals surface area contributed by atoms with E-state index in [1.54, 1.807) is 6.92 Å². The molecule has 0 aromatic carbocycles. The first-order valence-electron chi connectivity index (χ1n) is 5.63. The second-order valence-electron chi connectivity index (χ2n) is 4.13. The zero-order valence-electron chi connectivity index (χ0n) is 9.43. The molecule has 0 bridgehead atoms. The molecule has 1 aromatic heterocycles. The number of aromatic nitrogens is 2. The molecule has 16 heavy (non-hydrogen) atoms. The van der Waals surface area contributed by atoms with Crippen molar-refractivity contribution in [3.63, 3.8) is 0 Å². The number of nitrogens with zero attached hydrogens (tertiary/aromatic N) is 3. The molecule has 1 saturated heterocycles. The molecule has 2 rings (SSSR count). The quantitative estimate of drug-likeness (QED) is 0.656. The van der Waals surface area contributed by atoms with E-state index < -0.39 is 7.12 Å². The first-order chi connectivity index (χ1) is 7.68. The molecule has 0 unspecified atom stereocenters. The van der Waals surface area contributed by atoms with Crippen molar-refractivity contribution >= 4 is 18.5 Å². The summed E-state index contributed by atoms with van der Waals surface area (Å²) in [5.41, 5.74) is 1.01. The molecule has 5 nitrogen and oxygen atoms in total. The van der Waals surface area contributed by atoms with Gasteiger partial charge in [0.1, 0.15) is 0 Å². The lowest BCUT2D eigenvalue weighted by Crippen LogP contribution is -2.36. The van der Waals surface area contributed by atoms with Crippen LogP contribution in [0.5, 0.6) is 0 Å². The van der Waals surface area contributed by atoms with Gasteiger partial charge in [0.15, 0.2) is 0 Å². The van der Waals surface area contributed by atoms with Crippen LogP contribution in [0.2, 0.25) is 0 Å². The number of aryl methyl sites for hydroxylation is 1. The monoisotopic (exact) mass is 221 g/mol. The van der Waals surface area contributed by atoms with Crippen LogP contribution < -0.4 is 10.4 Å². The highest BCUT2D eigenvalue weighted by Gasteiger charge is 2.18. The third-order valence-corrected chi connectivity index (χ3v) is 2.92. The van der Waals surface area contributed by atoms with Gasteiger partial charge in [-0.05, 0) is 26.2 Å². The summed E-state index contributed by atoms with van der Waals surface area (Å²) in [6, 6.07) is 0. The summed E-state index contributed by atoms with van der Waals surface area (Å²) in [6.07, 6.45) is 5.11. The average Bonchev–Trinajstić information content (AvgIpc) is 2.29. The Bertz CT molecular complexity index is 367. The van der Waals surface area contributed by atoms with Gasteiger partial charge in [0.2, 0.25) is 5.95 Å². The Balaban J connectivity index is 2.19. The summed E-state index contributed by atoms with van der Waals surface area (Å²) in [6.45, 7) is 3.74. The fourth-order valence-corrected chi connectivity index (χ4v) is 1.96. The maximum absolute atomic E-state index is 9.07. The molecule has 1 fully saturated rings. The highest BCUT2D eigenvalue weighted by molar-refractivity contribution is 6.58. The second-order valence-corrected chi connectivity index (χ2v) is 4.13. The maximum atomic E-state index is 9.07. The maximum Gasteiger partial charge on any atom is 0.491 e. The van der Waals surface area contributed by atoms with Gasteiger partial charge in [0.25, 0.3) is 0 Å². The molecule has 1 aromatic rings. The van der Waals surface area contributed by atoms with Crippen molar-refractivity contribution in [1.82, 2.24) is 9.97 Å². The minimum Gasteiger partial charge on any atom is -0.423 e. The Labute approximate surface area is 95.3 Å². The Morgan fingerprint density at radius 3 is 2.50 bits per heavy atom. The van der Waals surface area contributed by atoms with E-state index in [2.05, 4.69) is 14.9 Å². The van der Waals surface area contributed by atoms with Crippen LogP contribution in [0.25, 0.3) is 0 Å². The molecule has 0 spiro atoms. The van der Waals surface area contributed by atoms with Crippen LogP contribution in [-0.4, -0.2) is 40.2 Å². The molecular formula is C10H16BN3O2. The van der Waals surface area contributed by atoms with Crippen LogP contribution in [0.4, 0.5) is 5.95 Å². The minimum atomic E-state index is -1.49. The predicted molar refractivity (Wildman–Crippen MR) is 62.7 cm³/mol. The molecule has 2 heterocycles. The minimum absolute atomic E-state index is 0.376. The summed E-state index contributed by atoms with van der Waals surface area (Å²) in [7, 11) is -1.49. The number of rotatable bonds is 2. The van der Waals surface area contributed by atoms with Crippen molar-refractivity contribution in [2.75, 3.05) is 18.0 Å². The first kappa shape index (κ1) is 11.4. The summed E-state index contributed by atoms with van der Waals surface area (Å²) in [5.74, 6) is 0.696. The average molecular weight is 221 g/mol. The second kappa shape index (κ2) is 4.80. The largest absolute Gasteiger partial charge is 0.491 e. The van der Waals surface area contributed by atoms with Gasteiger partial charge >= 0.3 is 7.12 Å². The summed E-state index contributed by atoms with van der Waals surface area (Å²) >= 11 is 0. The van der Waals surface area contributed by atoms with E-state index in [0.29, 0.717) is 17.1 Å². The van der Waals surface area contributed by atoms with E-state index >= 15 is 0 Å². The fourth-order valence-electron chi connectivity index (χ4n) is 1.96. The molecule has 6 heteroatoms. The Hall–Kier alpha value is -1.14. The highest BCUT2D eigenvalue weighted by atomic mass is 16.4. The molecule has 0 radical (unpaired) electrons. The van der Waals surface area contributed by atoms with Crippen LogP contribution >= 0.6 is 0 Å². The van der Waals surface area contributed by atoms with Crippen molar-refractivity contribution < 1.29 is 10.0 Å². The molecule has 0 saturated carbocycles.